The first-order chi connectivity index (χ1) is 11.9. The average Bonchev–Trinajstić information content (AvgIpc) is 2.58. The Balaban J connectivity index is 1.64. The van der Waals surface area contributed by atoms with Gasteiger partial charge in [-0.25, -0.2) is 0 Å². The third-order valence-electron chi connectivity index (χ3n) is 3.21. The third-order valence-corrected chi connectivity index (χ3v) is 4.02. The van der Waals surface area contributed by atoms with Gasteiger partial charge in [0.15, 0.2) is 5.82 Å². The van der Waals surface area contributed by atoms with Crippen molar-refractivity contribution in [3.8, 4) is 17.1 Å². The van der Waals surface area contributed by atoms with E-state index in [1.54, 1.807) is 6.92 Å². The van der Waals surface area contributed by atoms with E-state index in [0.29, 0.717) is 37.8 Å². The van der Waals surface area contributed by atoms with Crippen LogP contribution in [0.25, 0.3) is 11.4 Å². The molecule has 1 heterocycles. The lowest BCUT2D eigenvalue weighted by atomic mass is 10.2. The van der Waals surface area contributed by atoms with E-state index >= 15 is 0 Å². The Morgan fingerprint density at radius 2 is 1.68 bits per heavy atom. The standard InChI is InChI=1S/C15H21N5O4S/c1-12-17-19-15(20-18-12)13-4-6-14(7-5-13)24-10-2-8-16-9-3-11-25(21,22)23/h4-7,16H,2-3,8-11H2,1H3,(H,21,22,23). The first-order valence-corrected chi connectivity index (χ1v) is 9.48. The number of aromatic nitrogens is 4. The molecule has 2 N–H and O–H groups in total. The maximum absolute atomic E-state index is 10.5. The summed E-state index contributed by atoms with van der Waals surface area (Å²) in [6.45, 7) is 3.50. The van der Waals surface area contributed by atoms with Gasteiger partial charge in [0, 0.05) is 5.56 Å². The van der Waals surface area contributed by atoms with Crippen molar-refractivity contribution in [3.63, 3.8) is 0 Å². The van der Waals surface area contributed by atoms with E-state index in [1.165, 1.54) is 0 Å². The van der Waals surface area contributed by atoms with E-state index in [1.807, 2.05) is 24.3 Å². The molecule has 2 rings (SSSR count). The summed E-state index contributed by atoms with van der Waals surface area (Å²) < 4.78 is 35.3. The van der Waals surface area contributed by atoms with Gasteiger partial charge >= 0.3 is 0 Å². The zero-order valence-electron chi connectivity index (χ0n) is 13.9. The molecule has 1 aromatic carbocycles. The van der Waals surface area contributed by atoms with Crippen LogP contribution in [0.1, 0.15) is 18.7 Å². The number of aryl methyl sites for hydroxylation is 1. The van der Waals surface area contributed by atoms with Crippen LogP contribution in [0.3, 0.4) is 0 Å². The highest BCUT2D eigenvalue weighted by Gasteiger charge is 2.04. The molecule has 0 amide bonds. The topological polar surface area (TPSA) is 127 Å². The van der Waals surface area contributed by atoms with Gasteiger partial charge in [-0.3, -0.25) is 4.55 Å². The smallest absolute Gasteiger partial charge is 0.264 e. The second kappa shape index (κ2) is 9.35. The van der Waals surface area contributed by atoms with Gasteiger partial charge in [-0.15, -0.1) is 20.4 Å². The van der Waals surface area contributed by atoms with Crippen molar-refractivity contribution in [3.05, 3.63) is 30.1 Å². The van der Waals surface area contributed by atoms with Crippen LogP contribution in [0.15, 0.2) is 24.3 Å². The Hall–Kier alpha value is -2.17. The lowest BCUT2D eigenvalue weighted by Crippen LogP contribution is -2.21. The summed E-state index contributed by atoms with van der Waals surface area (Å²) >= 11 is 0. The number of benzene rings is 1. The lowest BCUT2D eigenvalue weighted by molar-refractivity contribution is 0.308. The number of nitrogens with one attached hydrogen (secondary N) is 1. The highest BCUT2D eigenvalue weighted by molar-refractivity contribution is 7.85. The van der Waals surface area contributed by atoms with E-state index in [9.17, 15) is 8.42 Å². The quantitative estimate of drug-likeness (QED) is 0.464. The summed E-state index contributed by atoms with van der Waals surface area (Å²) in [6.07, 6.45) is 1.16. The molecule has 25 heavy (non-hydrogen) atoms. The average molecular weight is 367 g/mol. The minimum absolute atomic E-state index is 0.224. The van der Waals surface area contributed by atoms with Gasteiger partial charge in [-0.05, 0) is 57.1 Å². The van der Waals surface area contributed by atoms with Crippen LogP contribution in [-0.4, -0.2) is 58.8 Å². The summed E-state index contributed by atoms with van der Waals surface area (Å²) in [7, 11) is -3.86. The highest BCUT2D eigenvalue weighted by atomic mass is 32.2. The minimum Gasteiger partial charge on any atom is -0.494 e. The SMILES string of the molecule is Cc1nnc(-c2ccc(OCCCNCCCS(=O)(=O)O)cc2)nn1. The molecule has 0 aliphatic carbocycles. The number of nitrogens with zero attached hydrogens (tertiary/aromatic N) is 4. The summed E-state index contributed by atoms with van der Waals surface area (Å²) in [6, 6.07) is 7.35. The molecule has 10 heteroatoms. The Bertz CT molecular complexity index is 750. The molecule has 9 nitrogen and oxygen atoms in total. The van der Waals surface area contributed by atoms with Crippen LogP contribution >= 0.6 is 0 Å². The predicted molar refractivity (Wildman–Crippen MR) is 91.8 cm³/mol. The molecule has 1 aromatic heterocycles. The molecule has 2 aromatic rings. The van der Waals surface area contributed by atoms with Crippen LogP contribution in [0.4, 0.5) is 0 Å². The highest BCUT2D eigenvalue weighted by Crippen LogP contribution is 2.18. The van der Waals surface area contributed by atoms with Crippen LogP contribution in [-0.2, 0) is 10.1 Å². The van der Waals surface area contributed by atoms with Gasteiger partial charge in [0.1, 0.15) is 5.75 Å². The van der Waals surface area contributed by atoms with Crippen LogP contribution < -0.4 is 10.1 Å². The molecule has 0 saturated heterocycles. The fraction of sp³-hybridized carbons (Fsp3) is 0.467. The van der Waals surface area contributed by atoms with Gasteiger partial charge < -0.3 is 10.1 Å². The fourth-order valence-electron chi connectivity index (χ4n) is 1.99. The maximum atomic E-state index is 10.5. The zero-order chi connectivity index (χ0) is 18.1. The second-order valence-corrected chi connectivity index (χ2v) is 6.96. The van der Waals surface area contributed by atoms with E-state index in [-0.39, 0.29) is 5.75 Å². The Kier molecular flexibility index (Phi) is 7.16. The molecule has 0 aliphatic heterocycles. The van der Waals surface area contributed by atoms with Crippen molar-refractivity contribution in [2.75, 3.05) is 25.4 Å². The molecule has 0 atom stereocenters. The number of ether oxygens (including phenoxy) is 1. The monoisotopic (exact) mass is 367 g/mol. The maximum Gasteiger partial charge on any atom is 0.264 e. The molecular formula is C15H21N5O4S. The molecule has 0 saturated carbocycles. The van der Waals surface area contributed by atoms with Crippen molar-refractivity contribution < 1.29 is 17.7 Å². The zero-order valence-corrected chi connectivity index (χ0v) is 14.7. The largest absolute Gasteiger partial charge is 0.494 e. The van der Waals surface area contributed by atoms with Crippen LogP contribution in [0.5, 0.6) is 5.75 Å². The minimum atomic E-state index is -3.86. The molecule has 0 bridgehead atoms. The summed E-state index contributed by atoms with van der Waals surface area (Å²) in [5, 5.41) is 18.8. The molecule has 136 valence electrons. The fourth-order valence-corrected chi connectivity index (χ4v) is 2.50. The first-order valence-electron chi connectivity index (χ1n) is 7.87. The Morgan fingerprint density at radius 1 is 1.04 bits per heavy atom. The second-order valence-electron chi connectivity index (χ2n) is 5.39. The van der Waals surface area contributed by atoms with Crippen LogP contribution in [0, 0.1) is 6.92 Å². The number of rotatable bonds is 10. The van der Waals surface area contributed by atoms with Gasteiger partial charge in [0.2, 0.25) is 5.82 Å². The summed E-state index contributed by atoms with van der Waals surface area (Å²) in [4.78, 5) is 0. The predicted octanol–water partition coefficient (Wildman–Crippen LogP) is 0.878. The number of hydrogen-bond donors (Lipinski definition) is 2. The molecule has 0 unspecified atom stereocenters. The van der Waals surface area contributed by atoms with Gasteiger partial charge in [-0.1, -0.05) is 0 Å². The van der Waals surface area contributed by atoms with Gasteiger partial charge in [-0.2, -0.15) is 8.42 Å². The lowest BCUT2D eigenvalue weighted by Gasteiger charge is -2.07. The molecule has 0 aliphatic rings. The van der Waals surface area contributed by atoms with Crippen molar-refractivity contribution in [2.24, 2.45) is 0 Å². The van der Waals surface area contributed by atoms with Crippen molar-refractivity contribution >= 4 is 10.1 Å². The molecule has 0 fully saturated rings. The van der Waals surface area contributed by atoms with E-state index < -0.39 is 10.1 Å². The van der Waals surface area contributed by atoms with Crippen molar-refractivity contribution in [1.82, 2.24) is 25.7 Å². The van der Waals surface area contributed by atoms with Crippen molar-refractivity contribution in [2.45, 2.75) is 19.8 Å². The summed E-state index contributed by atoms with van der Waals surface area (Å²) in [5.74, 6) is 1.50. The van der Waals surface area contributed by atoms with Crippen LogP contribution in [0.2, 0.25) is 0 Å². The normalized spacial score (nSPS) is 11.4. The number of hydrogen-bond acceptors (Lipinski definition) is 8. The summed E-state index contributed by atoms with van der Waals surface area (Å²) in [5.41, 5.74) is 0.813. The van der Waals surface area contributed by atoms with Crippen molar-refractivity contribution in [1.29, 1.82) is 0 Å². The molecular weight excluding hydrogens is 346 g/mol. The third kappa shape index (κ3) is 7.50. The van der Waals surface area contributed by atoms with E-state index in [0.717, 1.165) is 17.7 Å². The van der Waals surface area contributed by atoms with Gasteiger partial charge in [0.05, 0.1) is 12.4 Å². The Labute approximate surface area is 146 Å². The van der Waals surface area contributed by atoms with Gasteiger partial charge in [0.25, 0.3) is 10.1 Å². The molecule has 0 spiro atoms. The van der Waals surface area contributed by atoms with E-state index in [4.69, 9.17) is 9.29 Å². The van der Waals surface area contributed by atoms with E-state index in [2.05, 4.69) is 25.7 Å². The Morgan fingerprint density at radius 3 is 2.32 bits per heavy atom. The first kappa shape index (κ1) is 19.2. The molecule has 0 radical (unpaired) electrons.